The fraction of sp³-hybridized carbons (Fsp3) is 0. The molecule has 0 fully saturated rings. The van der Waals surface area contributed by atoms with E-state index in [4.69, 9.17) is 4.42 Å². The molecule has 6 aromatic heterocycles. The molecule has 1 radical (unpaired) electrons. The minimum Gasteiger partial charge on any atom is -0.456 e. The van der Waals surface area contributed by atoms with Gasteiger partial charge in [-0.1, -0.05) is 94.5 Å². The molecule has 0 unspecified atom stereocenters. The summed E-state index contributed by atoms with van der Waals surface area (Å²) in [5.41, 5.74) is 12.9. The average Bonchev–Trinajstić information content (AvgIpc) is 4.16. The number of rotatable bonds is 4. The van der Waals surface area contributed by atoms with E-state index in [0.717, 1.165) is 65.6 Å². The normalized spacial score (nSPS) is 11.5. The maximum Gasteiger partial charge on any atom is 0.135 e. The second-order valence-electron chi connectivity index (χ2n) is 14.5. The van der Waals surface area contributed by atoms with E-state index >= 15 is 0 Å². The molecule has 287 valence electrons. The quantitative estimate of drug-likeness (QED) is 0.165. The zero-order valence-corrected chi connectivity index (χ0v) is 34.9. The summed E-state index contributed by atoms with van der Waals surface area (Å²) in [4.78, 5) is 0. The van der Waals surface area contributed by atoms with Gasteiger partial charge in [-0.15, -0.1) is 12.3 Å². The SMILES string of the molecule is [Ir].[c-]1ccccc1-n1cccn1.[c-]1nsc2c3cc(-c4cccc(-n5c6ccccc6c6cc(-c7ccc8oc9ccccc9c8c7)ccc65)c4)ccc3c3ccnn3c12. The number of para-hydroxylation sites is 3. The van der Waals surface area contributed by atoms with E-state index < -0.39 is 0 Å². The fourth-order valence-electron chi connectivity index (χ4n) is 8.45. The van der Waals surface area contributed by atoms with E-state index in [-0.39, 0.29) is 20.1 Å². The Balaban J connectivity index is 0.000000296. The van der Waals surface area contributed by atoms with Gasteiger partial charge in [-0.2, -0.15) is 46.0 Å². The number of furan rings is 1. The summed E-state index contributed by atoms with van der Waals surface area (Å²) in [6, 6.07) is 60.6. The summed E-state index contributed by atoms with van der Waals surface area (Å²) in [7, 11) is 0. The van der Waals surface area contributed by atoms with E-state index in [1.165, 1.54) is 49.9 Å². The van der Waals surface area contributed by atoms with Gasteiger partial charge in [0, 0.05) is 65.9 Å². The first kappa shape index (κ1) is 36.0. The molecule has 0 aliphatic rings. The Kier molecular flexibility index (Phi) is 8.74. The van der Waals surface area contributed by atoms with Crippen molar-refractivity contribution >= 4 is 81.8 Å². The Morgan fingerprint density at radius 2 is 1.25 bits per heavy atom. The summed E-state index contributed by atoms with van der Waals surface area (Å²) in [6.07, 6.45) is 8.64. The summed E-state index contributed by atoms with van der Waals surface area (Å²) in [5.74, 6) is 0. The van der Waals surface area contributed by atoms with Crippen molar-refractivity contribution in [1.82, 2.24) is 28.3 Å². The van der Waals surface area contributed by atoms with Crippen LogP contribution >= 0.6 is 11.5 Å². The molecule has 13 rings (SSSR count). The minimum absolute atomic E-state index is 0. The molecule has 0 amide bonds. The first-order valence-corrected chi connectivity index (χ1v) is 20.1. The molecule has 0 N–H and O–H groups in total. The molecule has 9 heteroatoms. The maximum absolute atomic E-state index is 6.10. The number of pyridine rings is 1. The van der Waals surface area contributed by atoms with Crippen molar-refractivity contribution < 1.29 is 24.5 Å². The van der Waals surface area contributed by atoms with E-state index in [9.17, 15) is 0 Å². The standard InChI is InChI=1S/C42H23N4OS.C9H7N2.Ir/c1-3-10-36-30(8-1)33-21-27(28-14-17-41-34(22-28)32-9-2-4-11-40(32)47-41)13-16-37(33)45(36)29-7-5-6-25(20-29)26-12-15-31-35(23-26)42-39(24-44-48-42)46-38(31)18-19-43-46;1-2-5-9(6-3-1)11-8-4-7-10-11;/h1-23H;1-5,7-8H;/q2*-1;. The Bertz CT molecular complexity index is 3690. The van der Waals surface area contributed by atoms with Crippen LogP contribution in [0.25, 0.3) is 104 Å². The predicted molar refractivity (Wildman–Crippen MR) is 240 cm³/mol. The third-order valence-corrected chi connectivity index (χ3v) is 11.9. The molecule has 0 saturated heterocycles. The minimum atomic E-state index is 0. The summed E-state index contributed by atoms with van der Waals surface area (Å²) < 4.78 is 17.7. The van der Waals surface area contributed by atoms with Crippen molar-refractivity contribution in [3.8, 4) is 33.6 Å². The molecule has 0 bridgehead atoms. The molecule has 7 aromatic carbocycles. The van der Waals surface area contributed by atoms with Crippen LogP contribution in [0.5, 0.6) is 0 Å². The van der Waals surface area contributed by atoms with E-state index in [1.54, 1.807) is 10.9 Å². The molecule has 13 aromatic rings. The van der Waals surface area contributed by atoms with Crippen LogP contribution in [0.15, 0.2) is 187 Å². The molecule has 0 spiro atoms. The Morgan fingerprint density at radius 3 is 2.12 bits per heavy atom. The number of fused-ring (bicyclic) bond motifs is 12. The topological polar surface area (TPSA) is 66.1 Å². The number of benzene rings is 7. The molecular weight excluding hydrogens is 937 g/mol. The molecule has 0 aliphatic carbocycles. The van der Waals surface area contributed by atoms with E-state index in [2.05, 4.69) is 153 Å². The Morgan fingerprint density at radius 1 is 0.517 bits per heavy atom. The summed E-state index contributed by atoms with van der Waals surface area (Å²) in [6.45, 7) is 0. The van der Waals surface area contributed by atoms with Crippen molar-refractivity contribution in [3.05, 3.63) is 195 Å². The van der Waals surface area contributed by atoms with Gasteiger partial charge in [-0.3, -0.25) is 9.20 Å². The predicted octanol–water partition coefficient (Wildman–Crippen LogP) is 12.9. The Labute approximate surface area is 360 Å². The monoisotopic (exact) mass is 967 g/mol. The van der Waals surface area contributed by atoms with Gasteiger partial charge in [0.1, 0.15) is 11.2 Å². The summed E-state index contributed by atoms with van der Waals surface area (Å²) >= 11 is 1.47. The van der Waals surface area contributed by atoms with Gasteiger partial charge >= 0.3 is 0 Å². The number of aromatic nitrogens is 6. The van der Waals surface area contributed by atoms with Crippen molar-refractivity contribution in [3.63, 3.8) is 0 Å². The molecular formula is C51H30IrN6OS-2. The molecule has 60 heavy (non-hydrogen) atoms. The van der Waals surface area contributed by atoms with Crippen molar-refractivity contribution in [2.24, 2.45) is 0 Å². The van der Waals surface area contributed by atoms with Crippen molar-refractivity contribution in [1.29, 1.82) is 0 Å². The zero-order valence-electron chi connectivity index (χ0n) is 31.7. The number of hydrogen-bond donors (Lipinski definition) is 0. The zero-order chi connectivity index (χ0) is 38.9. The summed E-state index contributed by atoms with van der Waals surface area (Å²) in [5, 5.41) is 15.7. The van der Waals surface area contributed by atoms with Gasteiger partial charge in [-0.25, -0.2) is 0 Å². The van der Waals surface area contributed by atoms with E-state index in [0.29, 0.717) is 0 Å². The largest absolute Gasteiger partial charge is 0.456 e. The van der Waals surface area contributed by atoms with Crippen LogP contribution in [0.4, 0.5) is 0 Å². The van der Waals surface area contributed by atoms with Crippen molar-refractivity contribution in [2.45, 2.75) is 0 Å². The number of nitrogens with zero attached hydrogens (tertiary/aromatic N) is 6. The van der Waals surface area contributed by atoms with Crippen LogP contribution in [0, 0.1) is 12.3 Å². The molecule has 0 atom stereocenters. The van der Waals surface area contributed by atoms with Crippen molar-refractivity contribution in [2.75, 3.05) is 0 Å². The van der Waals surface area contributed by atoms with Crippen LogP contribution in [0.2, 0.25) is 0 Å². The first-order chi connectivity index (χ1) is 29.2. The van der Waals surface area contributed by atoms with Crippen LogP contribution in [0.3, 0.4) is 0 Å². The van der Waals surface area contributed by atoms with Crippen LogP contribution in [-0.2, 0) is 20.1 Å². The van der Waals surface area contributed by atoms with Gasteiger partial charge in [0.2, 0.25) is 0 Å². The van der Waals surface area contributed by atoms with Gasteiger partial charge < -0.3 is 13.4 Å². The van der Waals surface area contributed by atoms with Crippen LogP contribution in [0.1, 0.15) is 0 Å². The third-order valence-electron chi connectivity index (χ3n) is 11.2. The second-order valence-corrected chi connectivity index (χ2v) is 15.3. The maximum atomic E-state index is 6.10. The van der Waals surface area contributed by atoms with Gasteiger partial charge in [0.05, 0.1) is 16.6 Å². The second kappa shape index (κ2) is 14.6. The van der Waals surface area contributed by atoms with Crippen LogP contribution < -0.4 is 0 Å². The first-order valence-electron chi connectivity index (χ1n) is 19.3. The Hall–Kier alpha value is -7.16. The fourth-order valence-corrected chi connectivity index (χ4v) is 9.15. The number of hydrogen-bond acceptors (Lipinski definition) is 5. The van der Waals surface area contributed by atoms with E-state index in [1.807, 2.05) is 59.4 Å². The molecule has 6 heterocycles. The molecule has 7 nitrogen and oxygen atoms in total. The molecule has 0 saturated carbocycles. The van der Waals surface area contributed by atoms with Crippen LogP contribution in [-0.4, -0.2) is 28.3 Å². The average molecular weight is 967 g/mol. The molecule has 0 aliphatic heterocycles. The van der Waals surface area contributed by atoms with Gasteiger partial charge in [-0.05, 0) is 94.0 Å². The smallest absolute Gasteiger partial charge is 0.135 e. The van der Waals surface area contributed by atoms with Gasteiger partial charge in [0.25, 0.3) is 0 Å². The van der Waals surface area contributed by atoms with Gasteiger partial charge in [0.15, 0.2) is 0 Å². The third kappa shape index (κ3) is 5.86.